The van der Waals surface area contributed by atoms with E-state index >= 15 is 0 Å². The molecule has 2 aromatic rings. The number of benzene rings is 2. The van der Waals surface area contributed by atoms with E-state index in [0.29, 0.717) is 19.6 Å². The van der Waals surface area contributed by atoms with E-state index in [2.05, 4.69) is 25.1 Å². The standard InChI is InChI=1S/C21H21NO3/c1-13-10-14-4-2-3-5-18(14)22(13)20(23)12-17-16-7-9-24-19(16)11-15-6-8-25-21(15)17/h2-5,11,13H,6-10,12H2,1H3. The van der Waals surface area contributed by atoms with Gasteiger partial charge in [0, 0.05) is 41.3 Å². The zero-order chi connectivity index (χ0) is 17.0. The fourth-order valence-corrected chi connectivity index (χ4v) is 4.45. The van der Waals surface area contributed by atoms with Gasteiger partial charge in [0.1, 0.15) is 11.5 Å². The van der Waals surface area contributed by atoms with Gasteiger partial charge in [-0.15, -0.1) is 0 Å². The van der Waals surface area contributed by atoms with Crippen LogP contribution in [0.5, 0.6) is 11.5 Å². The van der Waals surface area contributed by atoms with Crippen molar-refractivity contribution in [3.63, 3.8) is 0 Å². The lowest BCUT2D eigenvalue weighted by molar-refractivity contribution is -0.118. The summed E-state index contributed by atoms with van der Waals surface area (Å²) in [4.78, 5) is 15.2. The van der Waals surface area contributed by atoms with Crippen molar-refractivity contribution >= 4 is 11.6 Å². The summed E-state index contributed by atoms with van der Waals surface area (Å²) < 4.78 is 11.7. The first-order valence-corrected chi connectivity index (χ1v) is 9.05. The number of anilines is 1. The third kappa shape index (κ3) is 2.24. The van der Waals surface area contributed by atoms with Gasteiger partial charge in [-0.3, -0.25) is 4.79 Å². The van der Waals surface area contributed by atoms with Gasteiger partial charge in [-0.25, -0.2) is 0 Å². The van der Waals surface area contributed by atoms with Crippen molar-refractivity contribution in [2.75, 3.05) is 18.1 Å². The predicted octanol–water partition coefficient (Wildman–Crippen LogP) is 3.08. The van der Waals surface area contributed by atoms with Crippen molar-refractivity contribution in [3.05, 3.63) is 52.6 Å². The van der Waals surface area contributed by atoms with E-state index in [1.807, 2.05) is 17.0 Å². The molecule has 0 fully saturated rings. The molecule has 4 nitrogen and oxygen atoms in total. The molecule has 3 aliphatic rings. The van der Waals surface area contributed by atoms with Crippen molar-refractivity contribution in [3.8, 4) is 11.5 Å². The number of carbonyl (C=O) groups is 1. The third-order valence-corrected chi connectivity index (χ3v) is 5.56. The molecule has 0 aromatic heterocycles. The van der Waals surface area contributed by atoms with E-state index in [-0.39, 0.29) is 11.9 Å². The first kappa shape index (κ1) is 14.8. The minimum absolute atomic E-state index is 0.149. The van der Waals surface area contributed by atoms with Crippen LogP contribution in [0.15, 0.2) is 30.3 Å². The molecule has 3 aliphatic heterocycles. The molecule has 1 unspecified atom stereocenters. The van der Waals surface area contributed by atoms with Gasteiger partial charge in [0.15, 0.2) is 0 Å². The quantitative estimate of drug-likeness (QED) is 0.847. The lowest BCUT2D eigenvalue weighted by atomic mass is 9.96. The van der Waals surface area contributed by atoms with Crippen molar-refractivity contribution in [2.24, 2.45) is 0 Å². The summed E-state index contributed by atoms with van der Waals surface area (Å²) in [5.41, 5.74) is 5.70. The monoisotopic (exact) mass is 335 g/mol. The Hall–Kier alpha value is -2.49. The van der Waals surface area contributed by atoms with Crippen LogP contribution in [0, 0.1) is 0 Å². The second kappa shape index (κ2) is 5.51. The second-order valence-electron chi connectivity index (χ2n) is 7.14. The molecule has 0 aliphatic carbocycles. The molecule has 0 N–H and O–H groups in total. The zero-order valence-electron chi connectivity index (χ0n) is 14.4. The number of hydrogen-bond acceptors (Lipinski definition) is 3. The first-order chi connectivity index (χ1) is 12.2. The molecular formula is C21H21NO3. The lowest BCUT2D eigenvalue weighted by Crippen LogP contribution is -2.37. The SMILES string of the molecule is CC1Cc2ccccc2N1C(=O)Cc1c2c(cc3c1OCC3)OCC2. The van der Waals surface area contributed by atoms with Crippen LogP contribution in [0.3, 0.4) is 0 Å². The van der Waals surface area contributed by atoms with Crippen LogP contribution in [-0.2, 0) is 30.5 Å². The Labute approximate surface area is 147 Å². The number of carbonyl (C=O) groups excluding carboxylic acids is 1. The minimum atomic E-state index is 0.149. The Morgan fingerprint density at radius 2 is 2.00 bits per heavy atom. The summed E-state index contributed by atoms with van der Waals surface area (Å²) in [5.74, 6) is 2.02. The second-order valence-corrected chi connectivity index (χ2v) is 7.14. The minimum Gasteiger partial charge on any atom is -0.493 e. The van der Waals surface area contributed by atoms with Gasteiger partial charge in [0.05, 0.1) is 19.6 Å². The predicted molar refractivity (Wildman–Crippen MR) is 95.6 cm³/mol. The Morgan fingerprint density at radius 3 is 2.92 bits per heavy atom. The summed E-state index contributed by atoms with van der Waals surface area (Å²) in [6, 6.07) is 10.5. The molecule has 4 heteroatoms. The molecule has 25 heavy (non-hydrogen) atoms. The molecule has 1 amide bonds. The van der Waals surface area contributed by atoms with Gasteiger partial charge in [-0.2, -0.15) is 0 Å². The highest BCUT2D eigenvalue weighted by Gasteiger charge is 2.33. The molecule has 0 saturated heterocycles. The Bertz CT molecular complexity index is 841. The number of hydrogen-bond donors (Lipinski definition) is 0. The average Bonchev–Trinajstić information content (AvgIpc) is 3.30. The fourth-order valence-electron chi connectivity index (χ4n) is 4.45. The van der Waals surface area contributed by atoms with Gasteiger partial charge in [-0.1, -0.05) is 18.2 Å². The van der Waals surface area contributed by atoms with Gasteiger partial charge >= 0.3 is 0 Å². The highest BCUT2D eigenvalue weighted by atomic mass is 16.5. The smallest absolute Gasteiger partial charge is 0.231 e. The fraction of sp³-hybridized carbons (Fsp3) is 0.381. The maximum absolute atomic E-state index is 13.2. The molecule has 1 atom stereocenters. The van der Waals surface area contributed by atoms with Crippen molar-refractivity contribution in [1.82, 2.24) is 0 Å². The third-order valence-electron chi connectivity index (χ3n) is 5.56. The maximum atomic E-state index is 13.2. The number of amides is 1. The van der Waals surface area contributed by atoms with Crippen LogP contribution < -0.4 is 14.4 Å². The van der Waals surface area contributed by atoms with E-state index < -0.39 is 0 Å². The van der Waals surface area contributed by atoms with Gasteiger partial charge in [-0.05, 0) is 31.0 Å². The van der Waals surface area contributed by atoms with E-state index in [9.17, 15) is 4.79 Å². The van der Waals surface area contributed by atoms with Crippen molar-refractivity contribution in [2.45, 2.75) is 38.6 Å². The summed E-state index contributed by atoms with van der Waals surface area (Å²) in [7, 11) is 0. The van der Waals surface area contributed by atoms with Crippen LogP contribution in [-0.4, -0.2) is 25.2 Å². The van der Waals surface area contributed by atoms with E-state index in [1.165, 1.54) is 11.1 Å². The van der Waals surface area contributed by atoms with Gasteiger partial charge < -0.3 is 14.4 Å². The average molecular weight is 335 g/mol. The highest BCUT2D eigenvalue weighted by molar-refractivity contribution is 5.98. The largest absolute Gasteiger partial charge is 0.493 e. The summed E-state index contributed by atoms with van der Waals surface area (Å²) in [6.45, 7) is 3.52. The number of fused-ring (bicyclic) bond motifs is 3. The number of nitrogens with zero attached hydrogens (tertiary/aromatic N) is 1. The summed E-state index contributed by atoms with van der Waals surface area (Å²) in [5, 5.41) is 0. The topological polar surface area (TPSA) is 38.8 Å². The van der Waals surface area contributed by atoms with E-state index in [0.717, 1.165) is 47.6 Å². The normalized spacial score (nSPS) is 19.9. The lowest BCUT2D eigenvalue weighted by Gasteiger charge is -2.24. The highest BCUT2D eigenvalue weighted by Crippen LogP contribution is 2.41. The first-order valence-electron chi connectivity index (χ1n) is 9.05. The van der Waals surface area contributed by atoms with Crippen LogP contribution in [0.25, 0.3) is 0 Å². The molecule has 128 valence electrons. The Balaban J connectivity index is 1.52. The number of ether oxygens (including phenoxy) is 2. The number of para-hydroxylation sites is 1. The van der Waals surface area contributed by atoms with Crippen molar-refractivity contribution in [1.29, 1.82) is 0 Å². The maximum Gasteiger partial charge on any atom is 0.231 e. The molecule has 0 saturated carbocycles. The van der Waals surface area contributed by atoms with Crippen LogP contribution in [0.1, 0.15) is 29.2 Å². The Kier molecular flexibility index (Phi) is 3.27. The van der Waals surface area contributed by atoms with E-state index in [1.54, 1.807) is 0 Å². The van der Waals surface area contributed by atoms with Crippen LogP contribution in [0.2, 0.25) is 0 Å². The number of rotatable bonds is 2. The molecular weight excluding hydrogens is 314 g/mol. The van der Waals surface area contributed by atoms with E-state index in [4.69, 9.17) is 9.47 Å². The van der Waals surface area contributed by atoms with Gasteiger partial charge in [0.2, 0.25) is 5.91 Å². The molecule has 2 aromatic carbocycles. The zero-order valence-corrected chi connectivity index (χ0v) is 14.4. The van der Waals surface area contributed by atoms with Crippen LogP contribution in [0.4, 0.5) is 5.69 Å². The Morgan fingerprint density at radius 1 is 1.16 bits per heavy atom. The van der Waals surface area contributed by atoms with Crippen LogP contribution >= 0.6 is 0 Å². The molecule has 5 rings (SSSR count). The molecule has 0 spiro atoms. The van der Waals surface area contributed by atoms with Gasteiger partial charge in [0.25, 0.3) is 0 Å². The molecule has 3 heterocycles. The summed E-state index contributed by atoms with van der Waals surface area (Å²) in [6.07, 6.45) is 3.07. The molecule has 0 radical (unpaired) electrons. The summed E-state index contributed by atoms with van der Waals surface area (Å²) >= 11 is 0. The van der Waals surface area contributed by atoms with Crippen molar-refractivity contribution < 1.29 is 14.3 Å². The molecule has 0 bridgehead atoms.